The Hall–Kier alpha value is -4.83. The molecule has 1 amide bonds. The van der Waals surface area contributed by atoms with E-state index in [1.54, 1.807) is 12.1 Å². The van der Waals surface area contributed by atoms with E-state index in [-0.39, 0.29) is 22.1 Å². The van der Waals surface area contributed by atoms with Gasteiger partial charge in [0.2, 0.25) is 5.89 Å². The monoisotopic (exact) mass is 498 g/mol. The van der Waals surface area contributed by atoms with Crippen LogP contribution in [-0.2, 0) is 0 Å². The topological polar surface area (TPSA) is 120 Å². The third-order valence-corrected chi connectivity index (χ3v) is 5.72. The van der Waals surface area contributed by atoms with E-state index in [2.05, 4.69) is 10.6 Å². The molecular weight excluding hydrogens is 480 g/mol. The number of ether oxygens (including phenoxy) is 1. The van der Waals surface area contributed by atoms with Crippen molar-refractivity contribution in [1.82, 2.24) is 10.3 Å². The lowest BCUT2D eigenvalue weighted by Crippen LogP contribution is -2.34. The minimum Gasteiger partial charge on any atom is -0.490 e. The Morgan fingerprint density at radius 1 is 1.06 bits per heavy atom. The Morgan fingerprint density at radius 3 is 2.69 bits per heavy atom. The van der Waals surface area contributed by atoms with Crippen LogP contribution >= 0.6 is 12.2 Å². The fraction of sp³-hybridized carbons (Fsp3) is 0.0385. The van der Waals surface area contributed by atoms with E-state index in [0.717, 1.165) is 27.9 Å². The minimum absolute atomic E-state index is 0.0270. The number of methoxy groups -OCH3 is 1. The zero-order chi connectivity index (χ0) is 25.2. The molecule has 0 saturated carbocycles. The van der Waals surface area contributed by atoms with Crippen molar-refractivity contribution >= 4 is 56.5 Å². The number of carbonyl (C=O) groups is 1. The zero-order valence-electron chi connectivity index (χ0n) is 18.8. The number of nitro groups is 1. The molecule has 5 rings (SSSR count). The average molecular weight is 499 g/mol. The van der Waals surface area contributed by atoms with Crippen LogP contribution in [0.3, 0.4) is 0 Å². The van der Waals surface area contributed by atoms with E-state index >= 15 is 0 Å². The largest absolute Gasteiger partial charge is 0.490 e. The summed E-state index contributed by atoms with van der Waals surface area (Å²) in [6.07, 6.45) is 0. The standard InChI is InChI=1S/C26H18N4O5S/c1-34-21-11-10-16(14-20(21)30(32)33)24(31)29-26(36)27-18-7-4-6-17(13-18)25-28-23-19-8-3-2-5-15(19)9-12-22(23)35-25/h2-14H,1H3,(H2,27,29,31,36). The van der Waals surface area contributed by atoms with Crippen LogP contribution in [0.25, 0.3) is 33.3 Å². The fourth-order valence-corrected chi connectivity index (χ4v) is 4.04. The molecule has 0 atom stereocenters. The molecule has 0 saturated heterocycles. The maximum Gasteiger partial charge on any atom is 0.311 e. The molecule has 10 heteroatoms. The van der Waals surface area contributed by atoms with Gasteiger partial charge in [0.25, 0.3) is 5.91 Å². The first-order valence-corrected chi connectivity index (χ1v) is 11.2. The summed E-state index contributed by atoms with van der Waals surface area (Å²) in [4.78, 5) is 27.9. The highest BCUT2D eigenvalue weighted by molar-refractivity contribution is 7.80. The number of nitrogens with zero attached hydrogens (tertiary/aromatic N) is 2. The van der Waals surface area contributed by atoms with E-state index in [4.69, 9.17) is 26.4 Å². The van der Waals surface area contributed by atoms with Gasteiger partial charge in [0.1, 0.15) is 5.52 Å². The molecule has 5 aromatic rings. The number of benzene rings is 4. The lowest BCUT2D eigenvalue weighted by Gasteiger charge is -2.10. The van der Waals surface area contributed by atoms with Crippen molar-refractivity contribution < 1.29 is 18.9 Å². The van der Waals surface area contributed by atoms with Crippen LogP contribution in [0.15, 0.2) is 83.3 Å². The Morgan fingerprint density at radius 2 is 1.89 bits per heavy atom. The summed E-state index contributed by atoms with van der Waals surface area (Å²) in [5.74, 6) is -0.0907. The lowest BCUT2D eigenvalue weighted by molar-refractivity contribution is -0.385. The van der Waals surface area contributed by atoms with Crippen molar-refractivity contribution in [2.45, 2.75) is 0 Å². The van der Waals surface area contributed by atoms with Gasteiger partial charge in [0, 0.05) is 28.3 Å². The van der Waals surface area contributed by atoms with Crippen LogP contribution < -0.4 is 15.4 Å². The lowest BCUT2D eigenvalue weighted by atomic mass is 10.1. The Balaban J connectivity index is 1.34. The quantitative estimate of drug-likeness (QED) is 0.180. The summed E-state index contributed by atoms with van der Waals surface area (Å²) in [6, 6.07) is 23.0. The smallest absolute Gasteiger partial charge is 0.311 e. The highest BCUT2D eigenvalue weighted by Crippen LogP contribution is 2.31. The molecule has 2 N–H and O–H groups in total. The molecule has 178 valence electrons. The summed E-state index contributed by atoms with van der Waals surface area (Å²) < 4.78 is 11.0. The predicted molar refractivity (Wildman–Crippen MR) is 140 cm³/mol. The van der Waals surface area contributed by atoms with Gasteiger partial charge in [-0.05, 0) is 54.0 Å². The maximum absolute atomic E-state index is 12.6. The number of nitro benzene ring substituents is 1. The Kier molecular flexibility index (Phi) is 6.01. The van der Waals surface area contributed by atoms with Crippen LogP contribution in [0.1, 0.15) is 10.4 Å². The summed E-state index contributed by atoms with van der Waals surface area (Å²) in [6.45, 7) is 0. The number of hydrogen-bond donors (Lipinski definition) is 2. The number of carbonyl (C=O) groups excluding carboxylic acids is 1. The third kappa shape index (κ3) is 4.44. The van der Waals surface area contributed by atoms with Gasteiger partial charge in [-0.3, -0.25) is 20.2 Å². The van der Waals surface area contributed by atoms with Gasteiger partial charge in [-0.25, -0.2) is 4.98 Å². The van der Waals surface area contributed by atoms with Crippen LogP contribution in [-0.4, -0.2) is 28.0 Å². The third-order valence-electron chi connectivity index (χ3n) is 5.52. The van der Waals surface area contributed by atoms with E-state index in [9.17, 15) is 14.9 Å². The molecule has 0 radical (unpaired) electrons. The van der Waals surface area contributed by atoms with Crippen molar-refractivity contribution in [3.8, 4) is 17.2 Å². The maximum atomic E-state index is 12.6. The second-order valence-electron chi connectivity index (χ2n) is 7.79. The summed E-state index contributed by atoms with van der Waals surface area (Å²) >= 11 is 5.27. The number of aromatic nitrogens is 1. The normalized spacial score (nSPS) is 10.8. The molecule has 9 nitrogen and oxygen atoms in total. The minimum atomic E-state index is -0.618. The SMILES string of the molecule is COc1ccc(C(=O)NC(=S)Nc2cccc(-c3nc4c(ccc5ccccc54)o3)c2)cc1[N+](=O)[O-]. The number of amides is 1. The Bertz CT molecular complexity index is 1660. The van der Waals surface area contributed by atoms with Gasteiger partial charge in [-0.1, -0.05) is 36.4 Å². The number of anilines is 1. The van der Waals surface area contributed by atoms with E-state index in [1.165, 1.54) is 19.2 Å². The molecule has 0 spiro atoms. The van der Waals surface area contributed by atoms with Gasteiger partial charge in [0.15, 0.2) is 16.4 Å². The first-order valence-electron chi connectivity index (χ1n) is 10.8. The Labute approximate surface area is 209 Å². The predicted octanol–water partition coefficient (Wildman–Crippen LogP) is 5.69. The molecule has 36 heavy (non-hydrogen) atoms. The summed E-state index contributed by atoms with van der Waals surface area (Å²) in [5.41, 5.74) is 2.53. The van der Waals surface area contributed by atoms with E-state index < -0.39 is 10.8 Å². The first-order chi connectivity index (χ1) is 17.4. The number of rotatable bonds is 5. The number of fused-ring (bicyclic) bond motifs is 3. The molecule has 0 bridgehead atoms. The number of nitrogens with one attached hydrogen (secondary N) is 2. The number of thiocarbonyl (C=S) groups is 1. The van der Waals surface area contributed by atoms with Crippen molar-refractivity contribution in [3.63, 3.8) is 0 Å². The second-order valence-corrected chi connectivity index (χ2v) is 8.19. The van der Waals surface area contributed by atoms with Crippen molar-refractivity contribution in [1.29, 1.82) is 0 Å². The molecule has 1 heterocycles. The zero-order valence-corrected chi connectivity index (χ0v) is 19.7. The fourth-order valence-electron chi connectivity index (χ4n) is 3.83. The molecule has 0 aliphatic rings. The highest BCUT2D eigenvalue weighted by atomic mass is 32.1. The molecule has 0 aliphatic carbocycles. The van der Waals surface area contributed by atoms with Crippen LogP contribution in [0.4, 0.5) is 11.4 Å². The van der Waals surface area contributed by atoms with Crippen molar-refractivity contribution in [2.75, 3.05) is 12.4 Å². The second kappa shape index (κ2) is 9.43. The van der Waals surface area contributed by atoms with Crippen LogP contribution in [0.5, 0.6) is 5.75 Å². The van der Waals surface area contributed by atoms with Crippen LogP contribution in [0.2, 0.25) is 0 Å². The molecule has 0 unspecified atom stereocenters. The van der Waals surface area contributed by atoms with Crippen LogP contribution in [0, 0.1) is 10.1 Å². The molecular formula is C26H18N4O5S. The van der Waals surface area contributed by atoms with Gasteiger partial charge >= 0.3 is 5.69 Å². The van der Waals surface area contributed by atoms with E-state index in [1.807, 2.05) is 48.5 Å². The van der Waals surface area contributed by atoms with Gasteiger partial charge in [-0.15, -0.1) is 0 Å². The molecule has 0 aliphatic heterocycles. The summed E-state index contributed by atoms with van der Waals surface area (Å²) in [5, 5.41) is 18.8. The number of oxazole rings is 1. The average Bonchev–Trinajstić information content (AvgIpc) is 3.33. The first kappa shape index (κ1) is 22.9. The van der Waals surface area contributed by atoms with Crippen molar-refractivity contribution in [2.24, 2.45) is 0 Å². The van der Waals surface area contributed by atoms with Crippen molar-refractivity contribution in [3.05, 3.63) is 94.5 Å². The van der Waals surface area contributed by atoms with Gasteiger partial charge < -0.3 is 14.5 Å². The number of hydrogen-bond acceptors (Lipinski definition) is 7. The van der Waals surface area contributed by atoms with Gasteiger partial charge in [0.05, 0.1) is 12.0 Å². The molecule has 1 aromatic heterocycles. The highest BCUT2D eigenvalue weighted by Gasteiger charge is 2.19. The molecule has 4 aromatic carbocycles. The van der Waals surface area contributed by atoms with Gasteiger partial charge in [-0.2, -0.15) is 0 Å². The van der Waals surface area contributed by atoms with E-state index in [0.29, 0.717) is 17.2 Å². The summed E-state index contributed by atoms with van der Waals surface area (Å²) in [7, 11) is 1.32. The molecule has 0 fully saturated rings.